The maximum absolute atomic E-state index is 13.4. The van der Waals surface area contributed by atoms with E-state index in [0.717, 1.165) is 22.2 Å². The zero-order valence-electron chi connectivity index (χ0n) is 17.6. The van der Waals surface area contributed by atoms with Crippen LogP contribution in [-0.2, 0) is 4.79 Å². The number of nitrogens with one attached hydrogen (secondary N) is 1. The maximum atomic E-state index is 13.4. The van der Waals surface area contributed by atoms with Crippen LogP contribution in [0.3, 0.4) is 0 Å². The summed E-state index contributed by atoms with van der Waals surface area (Å²) in [6.45, 7) is 0. The van der Waals surface area contributed by atoms with Crippen molar-refractivity contribution in [2.75, 3.05) is 23.9 Å². The topological polar surface area (TPSA) is 76.6 Å². The van der Waals surface area contributed by atoms with Crippen molar-refractivity contribution in [2.45, 2.75) is 6.04 Å². The lowest BCUT2D eigenvalue weighted by Crippen LogP contribution is -2.31. The van der Waals surface area contributed by atoms with Crippen LogP contribution in [0, 0.1) is 0 Å². The number of aromatic amines is 1. The van der Waals surface area contributed by atoms with E-state index in [9.17, 15) is 14.7 Å². The molecule has 2 N–H and O–H groups in total. The van der Waals surface area contributed by atoms with Crippen molar-refractivity contribution in [2.24, 2.45) is 0 Å². The molecule has 0 aliphatic carbocycles. The number of carbonyl (C=O) groups excluding carboxylic acids is 2. The van der Waals surface area contributed by atoms with Gasteiger partial charge in [-0.05, 0) is 41.8 Å². The molecule has 160 valence electrons. The Morgan fingerprint density at radius 1 is 1.06 bits per heavy atom. The number of thiophene rings is 1. The summed E-state index contributed by atoms with van der Waals surface area (Å²) in [4.78, 5) is 33.9. The number of Topliss-reactive ketones (excluding diaryl/α,β-unsaturated/α-hetero) is 1. The van der Waals surface area contributed by atoms with E-state index in [2.05, 4.69) is 4.98 Å². The second kappa shape index (κ2) is 7.69. The zero-order valence-corrected chi connectivity index (χ0v) is 18.4. The van der Waals surface area contributed by atoms with E-state index < -0.39 is 17.7 Å². The standard InChI is InChI=1S/C25H21N3O3S/c1-27(2)15-9-11-16(12-10-15)28-22(18-14-26-19-7-4-3-6-17(18)19)21(24(30)25(28)31)23(29)20-8-5-13-32-20/h3-14,22,26,30H,1-2H3. The summed E-state index contributed by atoms with van der Waals surface area (Å²) in [5, 5.41) is 13.6. The Balaban J connectivity index is 1.69. The third-order valence-corrected chi connectivity index (χ3v) is 6.63. The lowest BCUT2D eigenvalue weighted by molar-refractivity contribution is -0.117. The Bertz CT molecular complexity index is 1350. The summed E-state index contributed by atoms with van der Waals surface area (Å²) in [6, 6.07) is 17.9. The number of hydrogen-bond acceptors (Lipinski definition) is 5. The minimum atomic E-state index is -0.751. The summed E-state index contributed by atoms with van der Waals surface area (Å²) < 4.78 is 0. The highest BCUT2D eigenvalue weighted by atomic mass is 32.1. The van der Waals surface area contributed by atoms with Crippen molar-refractivity contribution in [1.29, 1.82) is 0 Å². The molecule has 0 fully saturated rings. The third-order valence-electron chi connectivity index (χ3n) is 5.76. The summed E-state index contributed by atoms with van der Waals surface area (Å²) >= 11 is 1.29. The predicted molar refractivity (Wildman–Crippen MR) is 128 cm³/mol. The molecule has 2 aromatic heterocycles. The van der Waals surface area contributed by atoms with Gasteiger partial charge < -0.3 is 15.0 Å². The van der Waals surface area contributed by atoms with E-state index in [4.69, 9.17) is 0 Å². The molecule has 3 heterocycles. The van der Waals surface area contributed by atoms with Gasteiger partial charge >= 0.3 is 0 Å². The van der Waals surface area contributed by atoms with Crippen LogP contribution >= 0.6 is 11.3 Å². The second-order valence-electron chi connectivity index (χ2n) is 7.85. The number of nitrogens with zero attached hydrogens (tertiary/aromatic N) is 2. The molecule has 2 aromatic carbocycles. The first kappa shape index (κ1) is 20.1. The Labute approximate surface area is 189 Å². The fourth-order valence-corrected chi connectivity index (χ4v) is 4.85. The highest BCUT2D eigenvalue weighted by Gasteiger charge is 2.45. The SMILES string of the molecule is CN(C)c1ccc(N2C(=O)C(O)=C(C(=O)c3cccs3)C2c2c[nH]c3ccccc23)cc1. The number of hydrogen-bond donors (Lipinski definition) is 2. The van der Waals surface area contributed by atoms with Gasteiger partial charge in [-0.25, -0.2) is 0 Å². The molecule has 1 unspecified atom stereocenters. The lowest BCUT2D eigenvalue weighted by Gasteiger charge is -2.27. The number of aliphatic hydroxyl groups is 1. The van der Waals surface area contributed by atoms with Gasteiger partial charge in [-0.15, -0.1) is 11.3 Å². The van der Waals surface area contributed by atoms with Crippen LogP contribution in [0.1, 0.15) is 21.3 Å². The first-order valence-corrected chi connectivity index (χ1v) is 11.0. The molecule has 0 radical (unpaired) electrons. The molecule has 4 aromatic rings. The van der Waals surface area contributed by atoms with E-state index in [1.807, 2.05) is 73.7 Å². The van der Waals surface area contributed by atoms with Crippen molar-refractivity contribution in [3.05, 3.63) is 94.0 Å². The minimum absolute atomic E-state index is 0.0962. The fraction of sp³-hybridized carbons (Fsp3) is 0.120. The molecule has 6 nitrogen and oxygen atoms in total. The van der Waals surface area contributed by atoms with E-state index in [1.54, 1.807) is 17.5 Å². The normalized spacial score (nSPS) is 16.2. The van der Waals surface area contributed by atoms with Crippen LogP contribution in [0.5, 0.6) is 0 Å². The summed E-state index contributed by atoms with van der Waals surface area (Å²) in [5.74, 6) is -1.43. The average Bonchev–Trinajstić information content (AvgIpc) is 3.53. The van der Waals surface area contributed by atoms with E-state index >= 15 is 0 Å². The van der Waals surface area contributed by atoms with Crippen LogP contribution < -0.4 is 9.80 Å². The molecule has 0 saturated carbocycles. The van der Waals surface area contributed by atoms with Crippen LogP contribution in [0.2, 0.25) is 0 Å². The average molecular weight is 444 g/mol. The van der Waals surface area contributed by atoms with Gasteiger partial charge in [0.25, 0.3) is 5.91 Å². The molecule has 1 aliphatic heterocycles. The van der Waals surface area contributed by atoms with E-state index in [-0.39, 0.29) is 11.4 Å². The number of aromatic nitrogens is 1. The number of aliphatic hydroxyl groups excluding tert-OH is 1. The predicted octanol–water partition coefficient (Wildman–Crippen LogP) is 5.08. The molecule has 32 heavy (non-hydrogen) atoms. The van der Waals surface area contributed by atoms with Crippen LogP contribution in [0.25, 0.3) is 10.9 Å². The van der Waals surface area contributed by atoms with Crippen molar-refractivity contribution in [3.63, 3.8) is 0 Å². The van der Waals surface area contributed by atoms with Crippen molar-refractivity contribution in [3.8, 4) is 0 Å². The van der Waals surface area contributed by atoms with Gasteiger partial charge in [-0.1, -0.05) is 24.3 Å². The van der Waals surface area contributed by atoms with Gasteiger partial charge in [0.1, 0.15) is 0 Å². The number of para-hydroxylation sites is 1. The van der Waals surface area contributed by atoms with Gasteiger partial charge in [0.15, 0.2) is 5.76 Å². The number of benzene rings is 2. The molecule has 7 heteroatoms. The highest BCUT2D eigenvalue weighted by Crippen LogP contribution is 2.44. The number of fused-ring (bicyclic) bond motifs is 1. The Morgan fingerprint density at radius 2 is 1.81 bits per heavy atom. The Hall–Kier alpha value is -3.84. The fourth-order valence-electron chi connectivity index (χ4n) is 4.17. The minimum Gasteiger partial charge on any atom is -0.503 e. The third kappa shape index (κ3) is 3.09. The molecule has 0 bridgehead atoms. The van der Waals surface area contributed by atoms with Crippen LogP contribution in [0.15, 0.2) is 83.6 Å². The Morgan fingerprint density at radius 3 is 2.50 bits per heavy atom. The number of carbonyl (C=O) groups is 2. The molecule has 1 atom stereocenters. The monoisotopic (exact) mass is 443 g/mol. The molecule has 1 aliphatic rings. The summed E-state index contributed by atoms with van der Waals surface area (Å²) in [5.41, 5.74) is 3.34. The molecular formula is C25H21N3O3S. The second-order valence-corrected chi connectivity index (χ2v) is 8.79. The van der Waals surface area contributed by atoms with Crippen molar-refractivity contribution in [1.82, 2.24) is 4.98 Å². The maximum Gasteiger partial charge on any atom is 0.294 e. The molecule has 0 saturated heterocycles. The lowest BCUT2D eigenvalue weighted by atomic mass is 9.94. The number of rotatable bonds is 5. The smallest absolute Gasteiger partial charge is 0.294 e. The number of ketones is 1. The number of H-pyrrole nitrogens is 1. The number of amides is 1. The molecule has 5 rings (SSSR count). The summed E-state index contributed by atoms with van der Waals surface area (Å²) in [6.07, 6.45) is 1.81. The van der Waals surface area contributed by atoms with E-state index in [0.29, 0.717) is 10.6 Å². The largest absolute Gasteiger partial charge is 0.503 e. The van der Waals surface area contributed by atoms with Gasteiger partial charge in [-0.2, -0.15) is 0 Å². The van der Waals surface area contributed by atoms with E-state index in [1.165, 1.54) is 16.2 Å². The van der Waals surface area contributed by atoms with Gasteiger partial charge in [-0.3, -0.25) is 14.5 Å². The molecule has 0 spiro atoms. The Kier molecular flexibility index (Phi) is 4.83. The highest BCUT2D eigenvalue weighted by molar-refractivity contribution is 7.12. The van der Waals surface area contributed by atoms with Gasteiger partial charge in [0.2, 0.25) is 5.78 Å². The number of anilines is 2. The first-order valence-electron chi connectivity index (χ1n) is 10.2. The quantitative estimate of drug-likeness (QED) is 0.422. The van der Waals surface area contributed by atoms with Crippen LogP contribution in [-0.4, -0.2) is 35.9 Å². The molecular weight excluding hydrogens is 422 g/mol. The first-order chi connectivity index (χ1) is 15.5. The molecule has 1 amide bonds. The van der Waals surface area contributed by atoms with Crippen LogP contribution in [0.4, 0.5) is 11.4 Å². The van der Waals surface area contributed by atoms with Gasteiger partial charge in [0, 0.05) is 48.1 Å². The summed E-state index contributed by atoms with van der Waals surface area (Å²) in [7, 11) is 3.88. The van der Waals surface area contributed by atoms with Crippen molar-refractivity contribution >= 4 is 45.3 Å². The van der Waals surface area contributed by atoms with Gasteiger partial charge in [0.05, 0.1) is 16.5 Å². The van der Waals surface area contributed by atoms with Crippen molar-refractivity contribution < 1.29 is 14.7 Å². The zero-order chi connectivity index (χ0) is 22.4.